The summed E-state index contributed by atoms with van der Waals surface area (Å²) in [5, 5.41) is 25.8. The van der Waals surface area contributed by atoms with E-state index in [2.05, 4.69) is 11.3 Å². The molecule has 0 bridgehead atoms. The van der Waals surface area contributed by atoms with E-state index in [1.54, 1.807) is 0 Å². The van der Waals surface area contributed by atoms with Gasteiger partial charge in [-0.25, -0.2) is 0 Å². The summed E-state index contributed by atoms with van der Waals surface area (Å²) in [5.41, 5.74) is 0. The van der Waals surface area contributed by atoms with E-state index in [1.165, 1.54) is 14.0 Å². The molecule has 4 heteroatoms. The van der Waals surface area contributed by atoms with E-state index in [0.717, 1.165) is 0 Å². The molecule has 0 aromatic carbocycles. The fourth-order valence-corrected chi connectivity index (χ4v) is 0.207. The van der Waals surface area contributed by atoms with Crippen molar-refractivity contribution in [1.82, 2.24) is 0 Å². The molecule has 68 valence electrons. The molecule has 0 rings (SSSR count). The molecule has 4 nitrogen and oxygen atoms in total. The van der Waals surface area contributed by atoms with Crippen molar-refractivity contribution >= 4 is 0 Å². The van der Waals surface area contributed by atoms with Gasteiger partial charge in [-0.1, -0.05) is 6.92 Å². The molecule has 0 radical (unpaired) electrons. The van der Waals surface area contributed by atoms with Crippen LogP contribution in [0.4, 0.5) is 0 Å². The lowest BCUT2D eigenvalue weighted by Crippen LogP contribution is -2.19. The quantitative estimate of drug-likeness (QED) is 0.516. The highest BCUT2D eigenvalue weighted by Gasteiger charge is 1.99. The average molecular weight is 163 g/mol. The Labute approximate surface area is 66.7 Å². The standard InChI is InChI=1S/C4H10O3.C3H6O/c1-7-4(2-5)3-6;1-3(2)4/h4-6H,2-3H2,1H3;4H,1H2,2H3/p-1. The van der Waals surface area contributed by atoms with Crippen molar-refractivity contribution in [1.29, 1.82) is 0 Å². The van der Waals surface area contributed by atoms with Crippen LogP contribution >= 0.6 is 0 Å². The lowest BCUT2D eigenvalue weighted by Gasteiger charge is -2.05. The molecule has 0 heterocycles. The Morgan fingerprint density at radius 3 is 1.82 bits per heavy atom. The third kappa shape index (κ3) is 17.7. The van der Waals surface area contributed by atoms with Crippen LogP contribution in [0.5, 0.6) is 0 Å². The van der Waals surface area contributed by atoms with E-state index in [4.69, 9.17) is 10.2 Å². The molecule has 0 spiro atoms. The van der Waals surface area contributed by atoms with E-state index in [1.807, 2.05) is 0 Å². The van der Waals surface area contributed by atoms with Crippen LogP contribution < -0.4 is 5.11 Å². The summed E-state index contributed by atoms with van der Waals surface area (Å²) in [6, 6.07) is 0. The topological polar surface area (TPSA) is 72.8 Å². The number of hydrogen-bond donors (Lipinski definition) is 2. The number of aliphatic hydroxyl groups excluding tert-OH is 2. The summed E-state index contributed by atoms with van der Waals surface area (Å²) >= 11 is 0. The van der Waals surface area contributed by atoms with Crippen molar-refractivity contribution in [2.45, 2.75) is 13.0 Å². The van der Waals surface area contributed by atoms with Crippen LogP contribution in [0.15, 0.2) is 12.3 Å². The second kappa shape index (κ2) is 9.42. The maximum Gasteiger partial charge on any atom is 0.103 e. The lowest BCUT2D eigenvalue weighted by molar-refractivity contribution is -0.300. The Bertz CT molecular complexity index is 78.9. The van der Waals surface area contributed by atoms with Crippen molar-refractivity contribution in [2.75, 3.05) is 20.3 Å². The molecule has 0 aromatic rings. The Kier molecular flexibility index (Phi) is 11.2. The first kappa shape index (κ1) is 13.0. The van der Waals surface area contributed by atoms with Crippen molar-refractivity contribution in [3.05, 3.63) is 12.3 Å². The molecule has 0 amide bonds. The molecule has 0 aromatic heterocycles. The summed E-state index contributed by atoms with van der Waals surface area (Å²) in [6.45, 7) is 4.18. The van der Waals surface area contributed by atoms with Gasteiger partial charge in [-0.15, -0.1) is 12.3 Å². The van der Waals surface area contributed by atoms with E-state index in [9.17, 15) is 5.11 Å². The molecule has 0 aliphatic rings. The van der Waals surface area contributed by atoms with Crippen molar-refractivity contribution < 1.29 is 20.1 Å². The number of methoxy groups -OCH3 is 1. The zero-order valence-electron chi connectivity index (χ0n) is 6.91. The fraction of sp³-hybridized carbons (Fsp3) is 0.714. The molecule has 0 fully saturated rings. The van der Waals surface area contributed by atoms with Crippen LogP contribution in [0.3, 0.4) is 0 Å². The average Bonchev–Trinajstić information content (AvgIpc) is 1.90. The van der Waals surface area contributed by atoms with Crippen molar-refractivity contribution in [2.24, 2.45) is 0 Å². The molecular weight excluding hydrogens is 148 g/mol. The van der Waals surface area contributed by atoms with E-state index in [-0.39, 0.29) is 19.0 Å². The minimum Gasteiger partial charge on any atom is -0.876 e. The number of hydrogen-bond acceptors (Lipinski definition) is 4. The molecule has 0 aliphatic carbocycles. The predicted octanol–water partition coefficient (Wildman–Crippen LogP) is -1.13. The van der Waals surface area contributed by atoms with Crippen molar-refractivity contribution in [3.63, 3.8) is 0 Å². The molecule has 2 N–H and O–H groups in total. The summed E-state index contributed by atoms with van der Waals surface area (Å²) in [5.74, 6) is -0.0833. The van der Waals surface area contributed by atoms with Crippen LogP contribution in [0.25, 0.3) is 0 Å². The summed E-state index contributed by atoms with van der Waals surface area (Å²) in [4.78, 5) is 0. The zero-order valence-corrected chi connectivity index (χ0v) is 6.91. The zero-order chi connectivity index (χ0) is 9.28. The molecular formula is C7H15O4-. The van der Waals surface area contributed by atoms with E-state index in [0.29, 0.717) is 0 Å². The maximum absolute atomic E-state index is 9.33. The number of rotatable bonds is 3. The van der Waals surface area contributed by atoms with Crippen molar-refractivity contribution in [3.8, 4) is 0 Å². The minimum absolute atomic E-state index is 0.0833. The number of allylic oxidation sites excluding steroid dienone is 1. The van der Waals surface area contributed by atoms with Gasteiger partial charge in [0.25, 0.3) is 0 Å². The molecule has 0 atom stereocenters. The summed E-state index contributed by atoms with van der Waals surface area (Å²) in [6.07, 6.45) is -0.403. The van der Waals surface area contributed by atoms with Crippen LogP contribution in [-0.4, -0.2) is 36.6 Å². The van der Waals surface area contributed by atoms with E-state index >= 15 is 0 Å². The monoisotopic (exact) mass is 163 g/mol. The first-order valence-corrected chi connectivity index (χ1v) is 3.15. The predicted molar refractivity (Wildman–Crippen MR) is 39.8 cm³/mol. The van der Waals surface area contributed by atoms with Gasteiger partial charge in [-0.05, 0) is 0 Å². The second-order valence-corrected chi connectivity index (χ2v) is 1.92. The Morgan fingerprint density at radius 2 is 1.82 bits per heavy atom. The third-order valence-electron chi connectivity index (χ3n) is 0.741. The van der Waals surface area contributed by atoms with Gasteiger partial charge in [0.15, 0.2) is 0 Å². The van der Waals surface area contributed by atoms with E-state index < -0.39 is 6.10 Å². The van der Waals surface area contributed by atoms with Gasteiger partial charge < -0.3 is 20.1 Å². The maximum atomic E-state index is 9.33. The highest BCUT2D eigenvalue weighted by Crippen LogP contribution is 1.82. The molecule has 11 heavy (non-hydrogen) atoms. The first-order valence-electron chi connectivity index (χ1n) is 3.15. The van der Waals surface area contributed by atoms with Crippen LogP contribution in [0, 0.1) is 0 Å². The van der Waals surface area contributed by atoms with Gasteiger partial charge in [0.1, 0.15) is 6.10 Å². The normalized spacial score (nSPS) is 8.82. The van der Waals surface area contributed by atoms with Gasteiger partial charge in [0.2, 0.25) is 0 Å². The number of aliphatic hydroxyl groups is 2. The highest BCUT2D eigenvalue weighted by atomic mass is 16.5. The Balaban J connectivity index is 0. The number of ether oxygens (including phenoxy) is 1. The Hall–Kier alpha value is -0.580. The molecule has 0 unspecified atom stereocenters. The fourth-order valence-electron chi connectivity index (χ4n) is 0.207. The Morgan fingerprint density at radius 1 is 1.55 bits per heavy atom. The van der Waals surface area contributed by atoms with Crippen LogP contribution in [-0.2, 0) is 4.74 Å². The third-order valence-corrected chi connectivity index (χ3v) is 0.741. The molecule has 0 aliphatic heterocycles. The minimum atomic E-state index is -0.403. The van der Waals surface area contributed by atoms with Crippen LogP contribution in [0.2, 0.25) is 0 Å². The SMILES string of the molecule is C=C(C)[O-].COC(CO)CO. The largest absolute Gasteiger partial charge is 0.876 e. The highest BCUT2D eigenvalue weighted by molar-refractivity contribution is 4.64. The van der Waals surface area contributed by atoms with Gasteiger partial charge in [0, 0.05) is 7.11 Å². The smallest absolute Gasteiger partial charge is 0.103 e. The lowest BCUT2D eigenvalue weighted by atomic mass is 10.4. The summed E-state index contributed by atoms with van der Waals surface area (Å²) in [7, 11) is 1.44. The van der Waals surface area contributed by atoms with Gasteiger partial charge in [-0.2, -0.15) is 0 Å². The van der Waals surface area contributed by atoms with Crippen LogP contribution in [0.1, 0.15) is 6.92 Å². The molecule has 0 saturated heterocycles. The van der Waals surface area contributed by atoms with Gasteiger partial charge in [0.05, 0.1) is 13.2 Å². The van der Waals surface area contributed by atoms with Gasteiger partial charge in [-0.3, -0.25) is 0 Å². The first-order chi connectivity index (χ1) is 5.08. The van der Waals surface area contributed by atoms with Gasteiger partial charge >= 0.3 is 0 Å². The summed E-state index contributed by atoms with van der Waals surface area (Å²) < 4.78 is 4.55. The second-order valence-electron chi connectivity index (χ2n) is 1.92. The molecule has 0 saturated carbocycles.